The third-order valence-corrected chi connectivity index (χ3v) is 1.17. The Kier molecular flexibility index (Phi) is 6.47. The minimum atomic E-state index is -0.803. The SMILES string of the molecule is CC(=O)OCCCCOC(=O)Cl. The Morgan fingerprint density at radius 1 is 1.17 bits per heavy atom. The van der Waals surface area contributed by atoms with E-state index in [1.165, 1.54) is 6.92 Å². The lowest BCUT2D eigenvalue weighted by Crippen LogP contribution is -2.03. The second kappa shape index (κ2) is 6.91. The zero-order chi connectivity index (χ0) is 9.40. The summed E-state index contributed by atoms with van der Waals surface area (Å²) < 4.78 is 9.07. The van der Waals surface area contributed by atoms with Gasteiger partial charge in [-0.05, 0) is 12.8 Å². The lowest BCUT2D eigenvalue weighted by Gasteiger charge is -2.01. The Balaban J connectivity index is 3.01. The number of esters is 1. The molecule has 0 aliphatic heterocycles. The number of hydrogen-bond acceptors (Lipinski definition) is 4. The van der Waals surface area contributed by atoms with Crippen LogP contribution in [0.3, 0.4) is 0 Å². The minimum absolute atomic E-state index is 0.267. The zero-order valence-corrected chi connectivity index (χ0v) is 7.60. The fourth-order valence-corrected chi connectivity index (χ4v) is 0.650. The first-order valence-corrected chi connectivity index (χ1v) is 3.96. The number of carbonyl (C=O) groups excluding carboxylic acids is 2. The number of halogens is 1. The van der Waals surface area contributed by atoms with E-state index in [1.807, 2.05) is 0 Å². The van der Waals surface area contributed by atoms with E-state index in [0.717, 1.165) is 0 Å². The summed E-state index contributed by atoms with van der Waals surface area (Å²) in [6, 6.07) is 0. The maximum Gasteiger partial charge on any atom is 0.403 e. The molecule has 0 aromatic carbocycles. The summed E-state index contributed by atoms with van der Waals surface area (Å²) in [4.78, 5) is 20.3. The minimum Gasteiger partial charge on any atom is -0.466 e. The van der Waals surface area contributed by atoms with Gasteiger partial charge in [-0.15, -0.1) is 0 Å². The first kappa shape index (κ1) is 11.2. The second-order valence-electron chi connectivity index (χ2n) is 2.13. The summed E-state index contributed by atoms with van der Waals surface area (Å²) in [6.45, 7) is 1.97. The van der Waals surface area contributed by atoms with Gasteiger partial charge in [0.15, 0.2) is 0 Å². The molecule has 4 nitrogen and oxygen atoms in total. The van der Waals surface area contributed by atoms with Gasteiger partial charge >= 0.3 is 11.4 Å². The molecule has 70 valence electrons. The van der Waals surface area contributed by atoms with Gasteiger partial charge < -0.3 is 9.47 Å². The number of rotatable bonds is 5. The number of carbonyl (C=O) groups is 2. The molecule has 0 heterocycles. The van der Waals surface area contributed by atoms with Crippen molar-refractivity contribution >= 4 is 23.0 Å². The average molecular weight is 195 g/mol. The predicted molar refractivity (Wildman–Crippen MR) is 43.1 cm³/mol. The molecule has 0 bridgehead atoms. The van der Waals surface area contributed by atoms with Gasteiger partial charge in [0.1, 0.15) is 0 Å². The molecule has 0 amide bonds. The molecule has 5 heteroatoms. The van der Waals surface area contributed by atoms with Gasteiger partial charge in [-0.3, -0.25) is 4.79 Å². The normalized spacial score (nSPS) is 9.17. The molecule has 0 aromatic rings. The van der Waals surface area contributed by atoms with Gasteiger partial charge in [-0.1, -0.05) is 0 Å². The van der Waals surface area contributed by atoms with Crippen molar-refractivity contribution < 1.29 is 19.1 Å². The van der Waals surface area contributed by atoms with Gasteiger partial charge in [-0.25, -0.2) is 4.79 Å². The summed E-state index contributed by atoms with van der Waals surface area (Å²) >= 11 is 4.89. The monoisotopic (exact) mass is 194 g/mol. The molecule has 0 radical (unpaired) electrons. The van der Waals surface area contributed by atoms with Crippen molar-refractivity contribution in [3.63, 3.8) is 0 Å². The Morgan fingerprint density at radius 2 is 1.67 bits per heavy atom. The highest BCUT2D eigenvalue weighted by Gasteiger charge is 1.96. The molecule has 0 N–H and O–H groups in total. The van der Waals surface area contributed by atoms with Crippen molar-refractivity contribution in [1.29, 1.82) is 0 Å². The Morgan fingerprint density at radius 3 is 2.08 bits per heavy atom. The highest BCUT2D eigenvalue weighted by molar-refractivity contribution is 6.61. The first-order valence-electron chi connectivity index (χ1n) is 3.58. The largest absolute Gasteiger partial charge is 0.466 e. The molecular formula is C7H11ClO4. The zero-order valence-electron chi connectivity index (χ0n) is 6.84. The van der Waals surface area contributed by atoms with Crippen LogP contribution >= 0.6 is 11.6 Å². The van der Waals surface area contributed by atoms with Crippen LogP contribution in [0.15, 0.2) is 0 Å². The lowest BCUT2D eigenvalue weighted by atomic mass is 10.3. The van der Waals surface area contributed by atoms with E-state index in [9.17, 15) is 9.59 Å². The molecule has 0 atom stereocenters. The summed E-state index contributed by atoms with van der Waals surface area (Å²) in [5, 5.41) is 0. The highest BCUT2D eigenvalue weighted by Crippen LogP contribution is 1.94. The third kappa shape index (κ3) is 9.23. The Bertz CT molecular complexity index is 139. The fraction of sp³-hybridized carbons (Fsp3) is 0.714. The molecule has 0 aliphatic carbocycles. The molecule has 0 aliphatic rings. The van der Waals surface area contributed by atoms with E-state index in [-0.39, 0.29) is 12.6 Å². The maximum absolute atomic E-state index is 10.3. The van der Waals surface area contributed by atoms with Crippen LogP contribution in [0.25, 0.3) is 0 Å². The van der Waals surface area contributed by atoms with Crippen molar-refractivity contribution in [3.8, 4) is 0 Å². The third-order valence-electron chi connectivity index (χ3n) is 1.06. The molecule has 0 saturated heterocycles. The van der Waals surface area contributed by atoms with Gasteiger partial charge in [0.2, 0.25) is 0 Å². The molecule has 0 fully saturated rings. The predicted octanol–water partition coefficient (Wildman–Crippen LogP) is 1.71. The van der Waals surface area contributed by atoms with E-state index < -0.39 is 5.43 Å². The quantitative estimate of drug-likeness (QED) is 0.380. The number of hydrogen-bond donors (Lipinski definition) is 0. The number of ether oxygens (including phenoxy) is 2. The van der Waals surface area contributed by atoms with Gasteiger partial charge in [0, 0.05) is 18.5 Å². The van der Waals surface area contributed by atoms with Crippen molar-refractivity contribution in [2.24, 2.45) is 0 Å². The summed E-state index contributed by atoms with van der Waals surface area (Å²) in [7, 11) is 0. The van der Waals surface area contributed by atoms with Crippen LogP contribution < -0.4 is 0 Å². The summed E-state index contributed by atoms with van der Waals surface area (Å²) in [6.07, 6.45) is 1.31. The highest BCUT2D eigenvalue weighted by atomic mass is 35.5. The van der Waals surface area contributed by atoms with Crippen molar-refractivity contribution in [1.82, 2.24) is 0 Å². The smallest absolute Gasteiger partial charge is 0.403 e. The Labute approximate surface area is 75.8 Å². The molecule has 0 spiro atoms. The van der Waals surface area contributed by atoms with Crippen LogP contribution in [0, 0.1) is 0 Å². The van der Waals surface area contributed by atoms with Crippen LogP contribution in [-0.2, 0) is 14.3 Å². The molecule has 0 aromatic heterocycles. The van der Waals surface area contributed by atoms with Gasteiger partial charge in [0.25, 0.3) is 0 Å². The van der Waals surface area contributed by atoms with Crippen LogP contribution in [0.2, 0.25) is 0 Å². The lowest BCUT2D eigenvalue weighted by molar-refractivity contribution is -0.141. The molecular weight excluding hydrogens is 184 g/mol. The van der Waals surface area contributed by atoms with Crippen molar-refractivity contribution in [3.05, 3.63) is 0 Å². The van der Waals surface area contributed by atoms with Crippen LogP contribution in [0.1, 0.15) is 19.8 Å². The average Bonchev–Trinajstić information content (AvgIpc) is 1.95. The fourth-order valence-electron chi connectivity index (χ4n) is 0.572. The second-order valence-corrected chi connectivity index (χ2v) is 2.44. The molecule has 12 heavy (non-hydrogen) atoms. The molecule has 0 saturated carbocycles. The number of unbranched alkanes of at least 4 members (excludes halogenated alkanes) is 1. The van der Waals surface area contributed by atoms with Crippen LogP contribution in [-0.4, -0.2) is 24.6 Å². The van der Waals surface area contributed by atoms with Crippen LogP contribution in [0.5, 0.6) is 0 Å². The Hall–Kier alpha value is -0.770. The van der Waals surface area contributed by atoms with Crippen molar-refractivity contribution in [2.75, 3.05) is 13.2 Å². The van der Waals surface area contributed by atoms with Crippen molar-refractivity contribution in [2.45, 2.75) is 19.8 Å². The summed E-state index contributed by atoms with van der Waals surface area (Å²) in [5.74, 6) is -0.302. The van der Waals surface area contributed by atoms with E-state index in [2.05, 4.69) is 9.47 Å². The first-order chi connectivity index (χ1) is 5.63. The van der Waals surface area contributed by atoms with E-state index in [4.69, 9.17) is 11.6 Å². The summed E-state index contributed by atoms with van der Waals surface area (Å²) in [5.41, 5.74) is -0.803. The maximum atomic E-state index is 10.3. The van der Waals surface area contributed by atoms with E-state index in [0.29, 0.717) is 19.4 Å². The molecule has 0 rings (SSSR count). The molecule has 0 unspecified atom stereocenters. The van der Waals surface area contributed by atoms with E-state index >= 15 is 0 Å². The standard InChI is InChI=1S/C7H11ClO4/c1-6(9)11-4-2-3-5-12-7(8)10/h2-5H2,1H3. The van der Waals surface area contributed by atoms with Gasteiger partial charge in [0.05, 0.1) is 13.2 Å². The van der Waals surface area contributed by atoms with Crippen LogP contribution in [0.4, 0.5) is 4.79 Å². The van der Waals surface area contributed by atoms with Gasteiger partial charge in [-0.2, -0.15) is 0 Å². The topological polar surface area (TPSA) is 52.6 Å². The van der Waals surface area contributed by atoms with E-state index in [1.54, 1.807) is 0 Å².